The average Bonchev–Trinajstić information content (AvgIpc) is 1.54. The normalized spacial score (nSPS) is 15.7. The first-order valence-electron chi connectivity index (χ1n) is 44.9. The van der Waals surface area contributed by atoms with Gasteiger partial charge in [-0.05, 0) is 156 Å². The lowest BCUT2D eigenvalue weighted by Crippen LogP contribution is -2.43. The fraction of sp³-hybridized carbons (Fsp3) is 0.280. The van der Waals surface area contributed by atoms with Crippen LogP contribution in [0.15, 0.2) is 213 Å². The van der Waals surface area contributed by atoms with E-state index in [4.69, 9.17) is 54.5 Å². The number of halogens is 1. The van der Waals surface area contributed by atoms with Gasteiger partial charge in [0, 0.05) is 201 Å². The predicted octanol–water partition coefficient (Wildman–Crippen LogP) is 16.9. The molecule has 5 fully saturated rings. The molecule has 664 valence electrons. The maximum absolute atomic E-state index is 13.6. The largest absolute Gasteiger partial charge is 0.382 e. The summed E-state index contributed by atoms with van der Waals surface area (Å²) in [6.45, 7) is 9.70. The summed E-state index contributed by atoms with van der Waals surface area (Å²) in [6, 6.07) is 55.1. The third-order valence-corrected chi connectivity index (χ3v) is 27.2. The number of carbonyl (C=O) groups excluding carboxylic acids is 4. The molecule has 0 radical (unpaired) electrons. The molecule has 1 saturated carbocycles. The van der Waals surface area contributed by atoms with E-state index < -0.39 is 0 Å². The number of aromatic nitrogens is 16. The number of likely N-dealkylation sites (tertiary alicyclic amines) is 4. The molecular weight excluding hydrogens is 1660 g/mol. The van der Waals surface area contributed by atoms with Gasteiger partial charge in [-0.15, -0.1) is 0 Å². The number of hydrogen-bond donors (Lipinski definition) is 9. The van der Waals surface area contributed by atoms with Crippen molar-refractivity contribution in [1.82, 2.24) is 107 Å². The van der Waals surface area contributed by atoms with Gasteiger partial charge < -0.3 is 72.7 Å². The molecule has 18 aromatic rings. The molecule has 0 spiro atoms. The van der Waals surface area contributed by atoms with Crippen molar-refractivity contribution >= 4 is 124 Å². The minimum atomic E-state index is -0.316. The monoisotopic (exact) mass is 1770 g/mol. The van der Waals surface area contributed by atoms with E-state index in [0.717, 1.165) is 236 Å². The van der Waals surface area contributed by atoms with Crippen molar-refractivity contribution in [3.8, 4) is 45.6 Å². The van der Waals surface area contributed by atoms with Crippen LogP contribution in [0.5, 0.6) is 0 Å². The summed E-state index contributed by atoms with van der Waals surface area (Å²) < 4.78 is 8.29. The topological polar surface area (TPSA) is 385 Å². The minimum Gasteiger partial charge on any atom is -0.382 e. The van der Waals surface area contributed by atoms with Gasteiger partial charge in [0.25, 0.3) is 5.91 Å². The Morgan fingerprint density at radius 2 is 0.733 bits per heavy atom. The zero-order chi connectivity index (χ0) is 90.0. The van der Waals surface area contributed by atoms with Crippen LogP contribution in [0.25, 0.3) is 111 Å². The SMILES string of the molecule is CN(C)C(=O)N1CCC(c2nc(-c3cc4ccccc4[nH]3)c3c(N)nccn23)CC1.CNC(=O)N1CCC(c2nc(-c3cc4ccccc4[nH]3)c3c(N)nccn23)CC1.Cc1cc(Cl)ccc1C(=O)N1CCC(c2nc(-c3cc4ccccc4[nH]3)c3c(N)nccn23)CC1.Cc1ccc(C2(C(=O)N3CCC(c4nc(-c5cc6ccccc6[nH]5)c5c(N)nccn45)CC3)CC2)cc1. The summed E-state index contributed by atoms with van der Waals surface area (Å²) in [7, 11) is 5.25. The molecular formula is C100H103ClN26O4. The smallest absolute Gasteiger partial charge is 0.319 e. The first-order chi connectivity index (χ1) is 63.7. The van der Waals surface area contributed by atoms with Crippen LogP contribution in [-0.2, 0) is 10.2 Å². The maximum Gasteiger partial charge on any atom is 0.319 e. The molecule has 30 nitrogen and oxygen atoms in total. The van der Waals surface area contributed by atoms with Crippen molar-refractivity contribution in [2.45, 2.75) is 107 Å². The highest BCUT2D eigenvalue weighted by atomic mass is 35.5. The Morgan fingerprint density at radius 3 is 1.05 bits per heavy atom. The van der Waals surface area contributed by atoms with E-state index in [2.05, 4.69) is 166 Å². The lowest BCUT2D eigenvalue weighted by Gasteiger charge is -2.34. The summed E-state index contributed by atoms with van der Waals surface area (Å²) in [5.74, 6) is 7.03. The highest BCUT2D eigenvalue weighted by molar-refractivity contribution is 6.30. The molecule has 0 bridgehead atoms. The number of aryl methyl sites for hydroxylation is 2. The minimum absolute atomic E-state index is 0.0244. The van der Waals surface area contributed by atoms with Gasteiger partial charge in [0.05, 0.1) is 28.2 Å². The van der Waals surface area contributed by atoms with Gasteiger partial charge >= 0.3 is 12.1 Å². The van der Waals surface area contributed by atoms with Crippen molar-refractivity contribution in [3.63, 3.8) is 0 Å². The van der Waals surface area contributed by atoms with Crippen LogP contribution in [0.2, 0.25) is 5.02 Å². The summed E-state index contributed by atoms with van der Waals surface area (Å²) in [4.78, 5) is 112. The molecule has 6 amide bonds. The molecule has 16 heterocycles. The van der Waals surface area contributed by atoms with Gasteiger partial charge in [-0.1, -0.05) is 114 Å². The first-order valence-corrected chi connectivity index (χ1v) is 45.3. The van der Waals surface area contributed by atoms with E-state index in [1.54, 1.807) is 56.9 Å². The van der Waals surface area contributed by atoms with Crippen molar-refractivity contribution in [1.29, 1.82) is 0 Å². The molecule has 0 unspecified atom stereocenters. The second kappa shape index (κ2) is 34.8. The van der Waals surface area contributed by atoms with Crippen molar-refractivity contribution in [2.24, 2.45) is 0 Å². The van der Waals surface area contributed by atoms with Crippen LogP contribution in [0.1, 0.15) is 138 Å². The lowest BCUT2D eigenvalue weighted by atomic mass is 9.90. The van der Waals surface area contributed by atoms with Crippen molar-refractivity contribution in [2.75, 3.05) is 96.4 Å². The molecule has 0 atom stereocenters. The van der Waals surface area contributed by atoms with Crippen molar-refractivity contribution in [3.05, 3.63) is 264 Å². The number of benzene rings is 6. The number of amides is 6. The number of aromatic amines is 4. The van der Waals surface area contributed by atoms with Crippen LogP contribution in [0.3, 0.4) is 0 Å². The second-order valence-corrected chi connectivity index (χ2v) is 35.7. The molecule has 4 aliphatic heterocycles. The van der Waals surface area contributed by atoms with E-state index in [0.29, 0.717) is 60.0 Å². The van der Waals surface area contributed by atoms with Gasteiger partial charge in [-0.3, -0.25) is 27.2 Å². The highest BCUT2D eigenvalue weighted by Crippen LogP contribution is 2.51. The number of nitrogen functional groups attached to an aromatic ring is 4. The Hall–Kier alpha value is -15.1. The second-order valence-electron chi connectivity index (χ2n) is 35.3. The van der Waals surface area contributed by atoms with E-state index >= 15 is 0 Å². The average molecular weight is 1770 g/mol. The fourth-order valence-corrected chi connectivity index (χ4v) is 20.0. The molecule has 1 aliphatic carbocycles. The lowest BCUT2D eigenvalue weighted by molar-refractivity contribution is -0.135. The number of para-hydroxylation sites is 4. The molecule has 23 rings (SSSR count). The van der Waals surface area contributed by atoms with Crippen LogP contribution in [0, 0.1) is 13.8 Å². The number of nitrogens with zero attached hydrogens (tertiary/aromatic N) is 17. The highest BCUT2D eigenvalue weighted by Gasteiger charge is 2.53. The van der Waals surface area contributed by atoms with E-state index in [1.807, 2.05) is 113 Å². The maximum atomic E-state index is 13.6. The van der Waals surface area contributed by atoms with E-state index in [1.165, 1.54) is 5.56 Å². The van der Waals surface area contributed by atoms with Gasteiger partial charge in [-0.25, -0.2) is 49.5 Å². The third kappa shape index (κ3) is 16.0. The summed E-state index contributed by atoms with van der Waals surface area (Å²) >= 11 is 6.07. The van der Waals surface area contributed by atoms with Crippen LogP contribution < -0.4 is 28.3 Å². The first kappa shape index (κ1) is 84.1. The van der Waals surface area contributed by atoms with Crippen LogP contribution >= 0.6 is 11.6 Å². The molecule has 6 aromatic carbocycles. The zero-order valence-electron chi connectivity index (χ0n) is 73.7. The summed E-state index contributed by atoms with van der Waals surface area (Å²) in [6.07, 6.45) is 23.4. The number of imidazole rings is 4. The van der Waals surface area contributed by atoms with Crippen LogP contribution in [0.4, 0.5) is 32.9 Å². The number of rotatable bonds is 11. The predicted molar refractivity (Wildman–Crippen MR) is 514 cm³/mol. The number of urea groups is 2. The zero-order valence-corrected chi connectivity index (χ0v) is 74.4. The van der Waals surface area contributed by atoms with Crippen molar-refractivity contribution < 1.29 is 19.2 Å². The quantitative estimate of drug-likeness (QED) is 0.0581. The number of fused-ring (bicyclic) bond motifs is 8. The standard InChI is InChI=1S/C30H30N6O.C27H25ClN6O.C22H25N7O.C21H23N7O/c1-19-6-8-22(9-7-19)30(12-13-30)29(37)35-15-10-20(11-16-35)28-34-25(26-27(31)32-14-17-36(26)28)24-18-21-4-2-3-5-23(21)33-24;1-16-14-19(28)6-7-20(16)27(35)33-11-8-17(9-12-33)26-32-23(24-25(29)30-10-13-34(24)26)22-15-18-4-2-3-5-21(18)31-22;1-27(2)22(30)28-10-7-14(8-11-28)21-26-18(19-20(23)24-9-12-29(19)21)17-13-15-5-3-4-6-16(15)25-17;1-23-21(29)27-9-6-13(7-10-27)20-26-17(18-19(22)24-8-11-28(18)20)16-12-14-4-2-3-5-15(14)25-16/h2-9,14,17-18,20,33H,10-13,15-16H2,1H3,(H2,31,32);2-7,10,13-15,17,31H,8-9,11-12H2,1H3,(H2,29,30);3-6,9,12-14,25H,7-8,10-11H2,1-2H3,(H2,23,24);2-5,8,11-13,25H,6-7,9-10H2,1H3,(H2,22,24)(H,23,29). The number of carbonyl (C=O) groups is 4. The number of nitrogens with two attached hydrogens (primary N) is 4. The van der Waals surface area contributed by atoms with Gasteiger partial charge in [0.2, 0.25) is 5.91 Å². The summed E-state index contributed by atoms with van der Waals surface area (Å²) in [5, 5.41) is 7.87. The Balaban J connectivity index is 0.000000110. The van der Waals surface area contributed by atoms with E-state index in [-0.39, 0.29) is 53.0 Å². The van der Waals surface area contributed by atoms with Gasteiger partial charge in [0.15, 0.2) is 0 Å². The molecule has 4 saturated heterocycles. The molecule has 131 heavy (non-hydrogen) atoms. The Kier molecular flexibility index (Phi) is 22.4. The molecule has 12 aromatic heterocycles. The number of hydrogen-bond acceptors (Lipinski definition) is 16. The van der Waals surface area contributed by atoms with Crippen LogP contribution in [-0.4, -0.2) is 199 Å². The van der Waals surface area contributed by atoms with E-state index in [9.17, 15) is 19.2 Å². The van der Waals surface area contributed by atoms with Gasteiger partial charge in [-0.2, -0.15) is 0 Å². The summed E-state index contributed by atoms with van der Waals surface area (Å²) in [5.41, 5.74) is 43.4. The Bertz CT molecular complexity index is 7240. The molecule has 13 N–H and O–H groups in total. The number of nitrogens with one attached hydrogen (secondary N) is 5. The Labute approximate surface area is 759 Å². The fourth-order valence-electron chi connectivity index (χ4n) is 19.8. The number of piperidine rings is 4. The number of anilines is 4. The molecule has 31 heteroatoms. The number of H-pyrrole nitrogens is 4. The Morgan fingerprint density at radius 1 is 0.412 bits per heavy atom. The third-order valence-electron chi connectivity index (χ3n) is 26.9. The van der Waals surface area contributed by atoms with Gasteiger partial charge in [0.1, 0.15) is 91.4 Å². The molecule has 5 aliphatic rings.